The van der Waals surface area contributed by atoms with Crippen LogP contribution in [-0.2, 0) is 14.6 Å². The number of nitrogens with one attached hydrogen (secondary N) is 1. The molecule has 0 spiro atoms. The smallest absolute Gasteiger partial charge is 0.226 e. The third kappa shape index (κ3) is 4.88. The fourth-order valence-corrected chi connectivity index (χ4v) is 4.32. The minimum atomic E-state index is -3.52. The van der Waals surface area contributed by atoms with Crippen LogP contribution >= 0.6 is 15.9 Å². The Labute approximate surface area is 172 Å². The number of aryl methyl sites for hydroxylation is 2. The van der Waals surface area contributed by atoms with Gasteiger partial charge in [0.1, 0.15) is 5.82 Å². The number of carbonyl (C=O) groups excluding carboxylic acids is 1. The highest BCUT2D eigenvalue weighted by molar-refractivity contribution is 9.10. The van der Waals surface area contributed by atoms with Crippen LogP contribution in [0.4, 0.5) is 5.82 Å². The lowest BCUT2D eigenvalue weighted by Crippen LogP contribution is -2.19. The summed E-state index contributed by atoms with van der Waals surface area (Å²) in [6.45, 7) is 3.71. The molecular formula is C20H20BrN3O3S. The van der Waals surface area contributed by atoms with Crippen LogP contribution in [0.15, 0.2) is 64.0 Å². The quantitative estimate of drug-likeness (QED) is 0.599. The van der Waals surface area contributed by atoms with E-state index in [1.165, 1.54) is 0 Å². The molecule has 1 N–H and O–H groups in total. The van der Waals surface area contributed by atoms with Crippen molar-refractivity contribution in [3.8, 4) is 5.69 Å². The molecule has 2 aromatic carbocycles. The number of anilines is 1. The molecule has 0 aliphatic rings. The fraction of sp³-hybridized carbons (Fsp3) is 0.200. The van der Waals surface area contributed by atoms with E-state index in [0.717, 1.165) is 21.4 Å². The van der Waals surface area contributed by atoms with Gasteiger partial charge in [-0.3, -0.25) is 4.79 Å². The minimum Gasteiger partial charge on any atom is -0.311 e. The monoisotopic (exact) mass is 461 g/mol. The molecule has 0 bridgehead atoms. The van der Waals surface area contributed by atoms with E-state index in [4.69, 9.17) is 0 Å². The lowest BCUT2D eigenvalue weighted by Gasteiger charge is -2.10. The summed E-state index contributed by atoms with van der Waals surface area (Å²) in [5, 5.41) is 7.17. The molecule has 3 rings (SSSR count). The summed E-state index contributed by atoms with van der Waals surface area (Å²) in [6.07, 6.45) is -0.140. The number of carbonyl (C=O) groups is 1. The Hall–Kier alpha value is -2.45. The molecule has 0 aliphatic heterocycles. The van der Waals surface area contributed by atoms with Gasteiger partial charge in [0.2, 0.25) is 5.91 Å². The maximum atomic E-state index is 12.4. The van der Waals surface area contributed by atoms with E-state index in [1.54, 1.807) is 35.0 Å². The Kier molecular flexibility index (Phi) is 6.00. The van der Waals surface area contributed by atoms with Gasteiger partial charge < -0.3 is 5.32 Å². The van der Waals surface area contributed by atoms with E-state index in [2.05, 4.69) is 26.3 Å². The number of aromatic nitrogens is 2. The van der Waals surface area contributed by atoms with Crippen molar-refractivity contribution in [3.05, 3.63) is 70.3 Å². The molecule has 3 aromatic rings. The molecule has 0 atom stereocenters. The zero-order valence-corrected chi connectivity index (χ0v) is 17.9. The average Bonchev–Trinajstić information content (AvgIpc) is 3.01. The molecule has 1 heterocycles. The summed E-state index contributed by atoms with van der Waals surface area (Å²) in [4.78, 5) is 12.6. The molecular weight excluding hydrogens is 442 g/mol. The first kappa shape index (κ1) is 20.3. The Bertz CT molecular complexity index is 1110. The van der Waals surface area contributed by atoms with Gasteiger partial charge in [-0.1, -0.05) is 39.7 Å². The molecule has 1 aromatic heterocycles. The van der Waals surface area contributed by atoms with Crippen LogP contribution in [0.25, 0.3) is 5.69 Å². The SMILES string of the molecule is Cc1ccc(S(=O)(=O)CCC(=O)Nc2cc(C)nn2-c2cccc(Br)c2)cc1. The molecule has 0 radical (unpaired) electrons. The first-order valence-electron chi connectivity index (χ1n) is 8.66. The maximum absolute atomic E-state index is 12.4. The van der Waals surface area contributed by atoms with Gasteiger partial charge in [-0.15, -0.1) is 0 Å². The van der Waals surface area contributed by atoms with Gasteiger partial charge in [-0.25, -0.2) is 13.1 Å². The molecule has 0 aliphatic carbocycles. The van der Waals surface area contributed by atoms with Crippen molar-refractivity contribution in [2.45, 2.75) is 25.2 Å². The number of hydrogen-bond acceptors (Lipinski definition) is 4. The highest BCUT2D eigenvalue weighted by Gasteiger charge is 2.18. The van der Waals surface area contributed by atoms with Crippen LogP contribution in [0.3, 0.4) is 0 Å². The summed E-state index contributed by atoms with van der Waals surface area (Å²) in [5.74, 6) is -0.147. The molecule has 1 amide bonds. The Morgan fingerprint density at radius 3 is 2.50 bits per heavy atom. The second-order valence-electron chi connectivity index (χ2n) is 6.49. The molecule has 0 saturated heterocycles. The topological polar surface area (TPSA) is 81.1 Å². The van der Waals surface area contributed by atoms with Gasteiger partial charge in [-0.2, -0.15) is 5.10 Å². The summed E-state index contributed by atoms with van der Waals surface area (Å²) in [5.41, 5.74) is 2.50. The second-order valence-corrected chi connectivity index (χ2v) is 9.52. The van der Waals surface area contributed by atoms with Crippen LogP contribution in [0.1, 0.15) is 17.7 Å². The lowest BCUT2D eigenvalue weighted by atomic mass is 10.2. The lowest BCUT2D eigenvalue weighted by molar-refractivity contribution is -0.115. The standard InChI is InChI=1S/C20H20BrN3O3S/c1-14-6-8-18(9-7-14)28(26,27)11-10-20(25)22-19-12-15(2)23-24(19)17-5-3-4-16(21)13-17/h3-9,12-13H,10-11H2,1-2H3,(H,22,25). The third-order valence-corrected chi connectivity index (χ3v) is 6.35. The van der Waals surface area contributed by atoms with E-state index in [1.807, 2.05) is 38.1 Å². The molecule has 8 heteroatoms. The van der Waals surface area contributed by atoms with Gasteiger partial charge >= 0.3 is 0 Å². The summed E-state index contributed by atoms with van der Waals surface area (Å²) >= 11 is 3.42. The predicted octanol–water partition coefficient (Wildman–Crippen LogP) is 4.05. The number of amides is 1. The van der Waals surface area contributed by atoms with Gasteiger partial charge in [0.25, 0.3) is 0 Å². The Morgan fingerprint density at radius 1 is 1.11 bits per heavy atom. The van der Waals surface area contributed by atoms with Crippen molar-refractivity contribution in [3.63, 3.8) is 0 Å². The third-order valence-electron chi connectivity index (χ3n) is 4.13. The van der Waals surface area contributed by atoms with Crippen molar-refractivity contribution in [1.29, 1.82) is 0 Å². The molecule has 0 fully saturated rings. The summed E-state index contributed by atoms with van der Waals surface area (Å²) < 4.78 is 27.4. The Morgan fingerprint density at radius 2 is 1.82 bits per heavy atom. The number of rotatable bonds is 6. The van der Waals surface area contributed by atoms with Crippen molar-refractivity contribution >= 4 is 37.5 Å². The van der Waals surface area contributed by atoms with E-state index in [-0.39, 0.29) is 23.0 Å². The van der Waals surface area contributed by atoms with E-state index >= 15 is 0 Å². The van der Waals surface area contributed by atoms with Gasteiger partial charge in [0.15, 0.2) is 9.84 Å². The van der Waals surface area contributed by atoms with E-state index in [0.29, 0.717) is 5.82 Å². The largest absolute Gasteiger partial charge is 0.311 e. The Balaban J connectivity index is 1.71. The van der Waals surface area contributed by atoms with Gasteiger partial charge in [-0.05, 0) is 44.2 Å². The van der Waals surface area contributed by atoms with Crippen molar-refractivity contribution < 1.29 is 13.2 Å². The first-order valence-corrected chi connectivity index (χ1v) is 11.1. The average molecular weight is 462 g/mol. The normalized spacial score (nSPS) is 11.4. The van der Waals surface area contributed by atoms with Gasteiger partial charge in [0, 0.05) is 17.0 Å². The van der Waals surface area contributed by atoms with Crippen molar-refractivity contribution in [2.24, 2.45) is 0 Å². The van der Waals surface area contributed by atoms with Crippen LogP contribution in [0.2, 0.25) is 0 Å². The summed E-state index contributed by atoms with van der Waals surface area (Å²) in [6, 6.07) is 15.9. The zero-order valence-electron chi connectivity index (χ0n) is 15.5. The number of sulfone groups is 1. The fourth-order valence-electron chi connectivity index (χ4n) is 2.69. The van der Waals surface area contributed by atoms with Crippen LogP contribution in [0.5, 0.6) is 0 Å². The minimum absolute atomic E-state index is 0.140. The van der Waals surface area contributed by atoms with Crippen LogP contribution < -0.4 is 5.32 Å². The zero-order chi connectivity index (χ0) is 20.3. The number of hydrogen-bond donors (Lipinski definition) is 1. The highest BCUT2D eigenvalue weighted by atomic mass is 79.9. The molecule has 0 saturated carbocycles. The highest BCUT2D eigenvalue weighted by Crippen LogP contribution is 2.21. The maximum Gasteiger partial charge on any atom is 0.226 e. The van der Waals surface area contributed by atoms with Crippen molar-refractivity contribution in [1.82, 2.24) is 9.78 Å². The van der Waals surface area contributed by atoms with Crippen molar-refractivity contribution in [2.75, 3.05) is 11.1 Å². The number of halogens is 1. The molecule has 28 heavy (non-hydrogen) atoms. The van der Waals surface area contributed by atoms with Gasteiger partial charge in [0.05, 0.1) is 22.0 Å². The predicted molar refractivity (Wildman–Crippen MR) is 112 cm³/mol. The van der Waals surface area contributed by atoms with Crippen LogP contribution in [0, 0.1) is 13.8 Å². The van der Waals surface area contributed by atoms with E-state index < -0.39 is 9.84 Å². The number of benzene rings is 2. The molecule has 146 valence electrons. The first-order chi connectivity index (χ1) is 13.2. The second kappa shape index (κ2) is 8.28. The van der Waals surface area contributed by atoms with E-state index in [9.17, 15) is 13.2 Å². The van der Waals surface area contributed by atoms with Crippen LogP contribution in [-0.4, -0.2) is 29.9 Å². The number of nitrogens with zero attached hydrogens (tertiary/aromatic N) is 2. The summed E-state index contributed by atoms with van der Waals surface area (Å²) in [7, 11) is -3.52. The molecule has 6 nitrogen and oxygen atoms in total. The molecule has 0 unspecified atom stereocenters.